The first kappa shape index (κ1) is 22.5. The van der Waals surface area contributed by atoms with Gasteiger partial charge in [-0.15, -0.1) is 24.0 Å². The third-order valence-electron chi connectivity index (χ3n) is 4.16. The Bertz CT molecular complexity index is 652. The first-order valence-electron chi connectivity index (χ1n) is 9.13. The van der Waals surface area contributed by atoms with Crippen LogP contribution in [-0.4, -0.2) is 21.6 Å². The minimum absolute atomic E-state index is 0. The smallest absolute Gasteiger partial charge is 0.189 e. The molecule has 144 valence electrons. The van der Waals surface area contributed by atoms with Crippen LogP contribution in [0.5, 0.6) is 0 Å². The van der Waals surface area contributed by atoms with Crippen molar-refractivity contribution in [2.24, 2.45) is 16.6 Å². The molecule has 1 aromatic carbocycles. The Morgan fingerprint density at radius 2 is 2.00 bits per heavy atom. The van der Waals surface area contributed by atoms with Gasteiger partial charge in [0.25, 0.3) is 0 Å². The molecule has 0 bridgehead atoms. The topological polar surface area (TPSA) is 68.2 Å². The van der Waals surface area contributed by atoms with Crippen LogP contribution in [0.2, 0.25) is 0 Å². The number of guanidine groups is 1. The van der Waals surface area contributed by atoms with E-state index in [0.717, 1.165) is 24.4 Å². The van der Waals surface area contributed by atoms with Crippen LogP contribution >= 0.6 is 24.0 Å². The minimum atomic E-state index is 0. The SMILES string of the molecule is CC(C)CCCC(C)NC(N)=NCc1cccc(Cn2ccnc2)c1.I. The van der Waals surface area contributed by atoms with Gasteiger partial charge >= 0.3 is 0 Å². The van der Waals surface area contributed by atoms with Crippen LogP contribution in [0.1, 0.15) is 51.2 Å². The summed E-state index contributed by atoms with van der Waals surface area (Å²) >= 11 is 0. The van der Waals surface area contributed by atoms with Crippen LogP contribution in [0.4, 0.5) is 0 Å². The van der Waals surface area contributed by atoms with E-state index in [1.165, 1.54) is 18.4 Å². The van der Waals surface area contributed by atoms with Gasteiger partial charge in [0.15, 0.2) is 5.96 Å². The van der Waals surface area contributed by atoms with E-state index in [2.05, 4.69) is 64.9 Å². The lowest BCUT2D eigenvalue weighted by Crippen LogP contribution is -2.38. The van der Waals surface area contributed by atoms with Crippen LogP contribution in [-0.2, 0) is 13.1 Å². The molecular formula is C20H32IN5. The first-order valence-corrected chi connectivity index (χ1v) is 9.13. The second kappa shape index (κ2) is 11.9. The van der Waals surface area contributed by atoms with Gasteiger partial charge in [-0.05, 0) is 30.4 Å². The van der Waals surface area contributed by atoms with E-state index in [4.69, 9.17) is 5.73 Å². The fourth-order valence-corrected chi connectivity index (χ4v) is 2.80. The van der Waals surface area contributed by atoms with Crippen molar-refractivity contribution in [3.05, 3.63) is 54.1 Å². The molecule has 0 radical (unpaired) electrons. The highest BCUT2D eigenvalue weighted by Crippen LogP contribution is 2.09. The number of imidazole rings is 1. The van der Waals surface area contributed by atoms with Crippen molar-refractivity contribution in [3.63, 3.8) is 0 Å². The number of halogens is 1. The maximum absolute atomic E-state index is 6.03. The van der Waals surface area contributed by atoms with E-state index < -0.39 is 0 Å². The van der Waals surface area contributed by atoms with Crippen molar-refractivity contribution in [2.75, 3.05) is 0 Å². The van der Waals surface area contributed by atoms with Gasteiger partial charge in [0.05, 0.1) is 12.9 Å². The zero-order valence-corrected chi connectivity index (χ0v) is 18.4. The van der Waals surface area contributed by atoms with Gasteiger partial charge < -0.3 is 15.6 Å². The summed E-state index contributed by atoms with van der Waals surface area (Å²) in [6.45, 7) is 8.09. The molecule has 0 saturated carbocycles. The zero-order chi connectivity index (χ0) is 18.1. The zero-order valence-electron chi connectivity index (χ0n) is 16.1. The normalized spacial score (nSPS) is 12.7. The lowest BCUT2D eigenvalue weighted by molar-refractivity contribution is 0.493. The Kier molecular flexibility index (Phi) is 10.3. The summed E-state index contributed by atoms with van der Waals surface area (Å²) in [5.41, 5.74) is 8.43. The Hall–Kier alpha value is -1.57. The predicted octanol–water partition coefficient (Wildman–Crippen LogP) is 4.17. The summed E-state index contributed by atoms with van der Waals surface area (Å²) in [6.07, 6.45) is 9.18. The summed E-state index contributed by atoms with van der Waals surface area (Å²) in [6, 6.07) is 8.79. The number of benzene rings is 1. The molecule has 0 fully saturated rings. The van der Waals surface area contributed by atoms with Crippen LogP contribution in [0.3, 0.4) is 0 Å². The highest BCUT2D eigenvalue weighted by atomic mass is 127. The van der Waals surface area contributed by atoms with Gasteiger partial charge in [-0.1, -0.05) is 51.0 Å². The van der Waals surface area contributed by atoms with E-state index in [9.17, 15) is 0 Å². The molecule has 0 aliphatic carbocycles. The molecule has 26 heavy (non-hydrogen) atoms. The summed E-state index contributed by atoms with van der Waals surface area (Å²) in [5, 5.41) is 3.29. The molecule has 2 rings (SSSR count). The number of aliphatic imine (C=N–C) groups is 1. The molecule has 6 heteroatoms. The Balaban J connectivity index is 0.00000338. The van der Waals surface area contributed by atoms with E-state index in [-0.39, 0.29) is 24.0 Å². The fourth-order valence-electron chi connectivity index (χ4n) is 2.80. The van der Waals surface area contributed by atoms with Gasteiger partial charge in [0.2, 0.25) is 0 Å². The van der Waals surface area contributed by atoms with Crippen molar-refractivity contribution >= 4 is 29.9 Å². The standard InChI is InChI=1S/C20H31N5.HI/c1-16(2)6-4-7-17(3)24-20(21)23-13-18-8-5-9-19(12-18)14-25-11-10-22-15-25;/h5,8-12,15-17H,4,6-7,13-14H2,1-3H3,(H3,21,23,24);1H. The summed E-state index contributed by atoms with van der Waals surface area (Å²) < 4.78 is 2.05. The quantitative estimate of drug-likeness (QED) is 0.329. The highest BCUT2D eigenvalue weighted by Gasteiger charge is 2.04. The third kappa shape index (κ3) is 8.69. The molecule has 0 spiro atoms. The lowest BCUT2D eigenvalue weighted by Gasteiger charge is -2.15. The summed E-state index contributed by atoms with van der Waals surface area (Å²) in [4.78, 5) is 8.55. The second-order valence-electron chi connectivity index (χ2n) is 7.13. The number of rotatable bonds is 9. The van der Waals surface area contributed by atoms with Gasteiger partial charge in [-0.2, -0.15) is 0 Å². The Morgan fingerprint density at radius 1 is 1.23 bits per heavy atom. The first-order chi connectivity index (χ1) is 12.0. The molecule has 1 heterocycles. The van der Waals surface area contributed by atoms with Gasteiger partial charge in [-0.25, -0.2) is 9.98 Å². The average Bonchev–Trinajstić information content (AvgIpc) is 3.06. The molecule has 0 aliphatic heterocycles. The van der Waals surface area contributed by atoms with Crippen LogP contribution in [0.15, 0.2) is 48.0 Å². The number of nitrogens with two attached hydrogens (primary N) is 1. The second-order valence-corrected chi connectivity index (χ2v) is 7.13. The van der Waals surface area contributed by atoms with E-state index >= 15 is 0 Å². The molecule has 1 aromatic heterocycles. The lowest BCUT2D eigenvalue weighted by atomic mass is 10.0. The van der Waals surface area contributed by atoms with E-state index in [1.807, 2.05) is 12.5 Å². The van der Waals surface area contributed by atoms with Gasteiger partial charge in [-0.3, -0.25) is 0 Å². The molecule has 3 N–H and O–H groups in total. The molecule has 0 saturated heterocycles. The molecule has 1 unspecified atom stereocenters. The molecule has 0 aliphatic rings. The molecule has 5 nitrogen and oxygen atoms in total. The van der Waals surface area contributed by atoms with Crippen molar-refractivity contribution in [1.82, 2.24) is 14.9 Å². The van der Waals surface area contributed by atoms with Crippen molar-refractivity contribution in [1.29, 1.82) is 0 Å². The minimum Gasteiger partial charge on any atom is -0.370 e. The van der Waals surface area contributed by atoms with Crippen LogP contribution in [0.25, 0.3) is 0 Å². The number of aromatic nitrogens is 2. The highest BCUT2D eigenvalue weighted by molar-refractivity contribution is 14.0. The molecule has 0 amide bonds. The monoisotopic (exact) mass is 469 g/mol. The Morgan fingerprint density at radius 3 is 2.69 bits per heavy atom. The largest absolute Gasteiger partial charge is 0.370 e. The van der Waals surface area contributed by atoms with Gasteiger partial charge in [0, 0.05) is 25.0 Å². The average molecular weight is 469 g/mol. The van der Waals surface area contributed by atoms with Crippen LogP contribution in [0, 0.1) is 5.92 Å². The maximum atomic E-state index is 6.03. The summed E-state index contributed by atoms with van der Waals surface area (Å²) in [5.74, 6) is 1.28. The molecule has 2 aromatic rings. The van der Waals surface area contributed by atoms with Gasteiger partial charge in [0.1, 0.15) is 0 Å². The molecule has 1 atom stereocenters. The predicted molar refractivity (Wildman–Crippen MR) is 120 cm³/mol. The number of hydrogen-bond acceptors (Lipinski definition) is 2. The number of nitrogens with zero attached hydrogens (tertiary/aromatic N) is 3. The van der Waals surface area contributed by atoms with Crippen molar-refractivity contribution in [3.8, 4) is 0 Å². The van der Waals surface area contributed by atoms with E-state index in [1.54, 1.807) is 6.20 Å². The summed E-state index contributed by atoms with van der Waals surface area (Å²) in [7, 11) is 0. The number of hydrogen-bond donors (Lipinski definition) is 2. The Labute approximate surface area is 174 Å². The van der Waals surface area contributed by atoms with Crippen LogP contribution < -0.4 is 11.1 Å². The number of nitrogens with one attached hydrogen (secondary N) is 1. The van der Waals surface area contributed by atoms with Crippen molar-refractivity contribution in [2.45, 2.75) is 59.2 Å². The maximum Gasteiger partial charge on any atom is 0.189 e. The van der Waals surface area contributed by atoms with E-state index in [0.29, 0.717) is 18.5 Å². The third-order valence-corrected chi connectivity index (χ3v) is 4.16. The fraction of sp³-hybridized carbons (Fsp3) is 0.500. The molecular weight excluding hydrogens is 437 g/mol. The van der Waals surface area contributed by atoms with Crippen molar-refractivity contribution < 1.29 is 0 Å².